The van der Waals surface area contributed by atoms with Crippen LogP contribution in [0.4, 0.5) is 0 Å². The summed E-state index contributed by atoms with van der Waals surface area (Å²) in [5, 5.41) is 3.31. The summed E-state index contributed by atoms with van der Waals surface area (Å²) in [6.07, 6.45) is 2.52. The number of hydrogen-bond donors (Lipinski definition) is 1. The van der Waals surface area contributed by atoms with E-state index in [9.17, 15) is 0 Å². The molecule has 1 aromatic heterocycles. The van der Waals surface area contributed by atoms with Crippen LogP contribution in [-0.4, -0.2) is 35.8 Å². The molecule has 5 nitrogen and oxygen atoms in total. The Morgan fingerprint density at radius 1 is 1.47 bits per heavy atom. The maximum atomic E-state index is 5.80. The third-order valence-electron chi connectivity index (χ3n) is 2.70. The van der Waals surface area contributed by atoms with Gasteiger partial charge < -0.3 is 14.8 Å². The summed E-state index contributed by atoms with van der Waals surface area (Å²) in [5.41, 5.74) is 2.18. The van der Waals surface area contributed by atoms with Crippen molar-refractivity contribution in [3.8, 4) is 5.88 Å². The molecule has 5 heteroatoms. The van der Waals surface area contributed by atoms with E-state index < -0.39 is 0 Å². The molecule has 1 aliphatic heterocycles. The predicted octanol–water partition coefficient (Wildman–Crippen LogP) is 0.926. The second-order valence-corrected chi connectivity index (χ2v) is 4.12. The molecule has 0 saturated carbocycles. The topological polar surface area (TPSA) is 56.3 Å². The molecule has 1 atom stereocenters. The van der Waals surface area contributed by atoms with Gasteiger partial charge in [0.15, 0.2) is 0 Å². The average molecular weight is 237 g/mol. The lowest BCUT2D eigenvalue weighted by Crippen LogP contribution is -2.27. The average Bonchev–Trinajstić information content (AvgIpc) is 2.37. The van der Waals surface area contributed by atoms with Crippen molar-refractivity contribution >= 4 is 0 Å². The lowest BCUT2D eigenvalue weighted by atomic mass is 10.1. The van der Waals surface area contributed by atoms with Crippen LogP contribution >= 0.6 is 0 Å². The normalized spacial score (nSPS) is 16.4. The molecule has 0 radical (unpaired) electrons. The SMILES string of the molecule is CCOCC(C)Oc1ncnc2c1CNCC2. The van der Waals surface area contributed by atoms with Crippen molar-refractivity contribution in [2.45, 2.75) is 32.9 Å². The number of nitrogens with zero attached hydrogens (tertiary/aromatic N) is 2. The Kier molecular flexibility index (Phi) is 4.28. The molecule has 0 aromatic carbocycles. The Balaban J connectivity index is 2.05. The maximum absolute atomic E-state index is 5.80. The second kappa shape index (κ2) is 5.93. The van der Waals surface area contributed by atoms with Crippen LogP contribution in [0.25, 0.3) is 0 Å². The Hall–Kier alpha value is -1.20. The van der Waals surface area contributed by atoms with E-state index in [0.29, 0.717) is 19.1 Å². The Bertz CT molecular complexity index is 371. The fourth-order valence-electron chi connectivity index (χ4n) is 1.85. The molecular formula is C12H19N3O2. The molecule has 1 aromatic rings. The summed E-state index contributed by atoms with van der Waals surface area (Å²) in [6.45, 7) is 7.01. The number of aromatic nitrogens is 2. The van der Waals surface area contributed by atoms with Gasteiger partial charge in [-0.25, -0.2) is 9.97 Å². The summed E-state index contributed by atoms with van der Waals surface area (Å²) < 4.78 is 11.1. The molecule has 2 rings (SSSR count). The second-order valence-electron chi connectivity index (χ2n) is 4.12. The molecule has 17 heavy (non-hydrogen) atoms. The lowest BCUT2D eigenvalue weighted by molar-refractivity contribution is 0.0625. The van der Waals surface area contributed by atoms with E-state index in [2.05, 4.69) is 15.3 Å². The first-order valence-corrected chi connectivity index (χ1v) is 6.09. The van der Waals surface area contributed by atoms with E-state index in [1.165, 1.54) is 0 Å². The number of nitrogens with one attached hydrogen (secondary N) is 1. The summed E-state index contributed by atoms with van der Waals surface area (Å²) in [6, 6.07) is 0. The third-order valence-corrected chi connectivity index (χ3v) is 2.70. The highest BCUT2D eigenvalue weighted by atomic mass is 16.5. The number of fused-ring (bicyclic) bond motifs is 1. The zero-order valence-electron chi connectivity index (χ0n) is 10.4. The highest BCUT2D eigenvalue weighted by Gasteiger charge is 2.17. The minimum absolute atomic E-state index is 0.0101. The van der Waals surface area contributed by atoms with Crippen molar-refractivity contribution in [3.63, 3.8) is 0 Å². The van der Waals surface area contributed by atoms with Crippen LogP contribution < -0.4 is 10.1 Å². The van der Waals surface area contributed by atoms with Gasteiger partial charge in [0, 0.05) is 31.7 Å². The van der Waals surface area contributed by atoms with Gasteiger partial charge in [0.25, 0.3) is 0 Å². The molecule has 2 heterocycles. The third kappa shape index (κ3) is 3.14. The van der Waals surface area contributed by atoms with Gasteiger partial charge in [-0.15, -0.1) is 0 Å². The molecule has 1 N–H and O–H groups in total. The minimum atomic E-state index is 0.0101. The first-order chi connectivity index (χ1) is 8.31. The predicted molar refractivity (Wildman–Crippen MR) is 64.0 cm³/mol. The van der Waals surface area contributed by atoms with Gasteiger partial charge in [-0.2, -0.15) is 0 Å². The van der Waals surface area contributed by atoms with Crippen molar-refractivity contribution in [2.24, 2.45) is 0 Å². The van der Waals surface area contributed by atoms with E-state index in [4.69, 9.17) is 9.47 Å². The van der Waals surface area contributed by atoms with E-state index in [1.54, 1.807) is 6.33 Å². The summed E-state index contributed by atoms with van der Waals surface area (Å²) in [5.74, 6) is 0.689. The standard InChI is InChI=1S/C12H19N3O2/c1-3-16-7-9(2)17-12-10-6-13-5-4-11(10)14-8-15-12/h8-9,13H,3-7H2,1-2H3. The van der Waals surface area contributed by atoms with Crippen molar-refractivity contribution in [1.82, 2.24) is 15.3 Å². The first kappa shape index (κ1) is 12.3. The molecule has 1 aliphatic rings. The molecule has 1 unspecified atom stereocenters. The number of rotatable bonds is 5. The Morgan fingerprint density at radius 2 is 2.35 bits per heavy atom. The fourth-order valence-corrected chi connectivity index (χ4v) is 1.85. The van der Waals surface area contributed by atoms with Gasteiger partial charge in [0.2, 0.25) is 5.88 Å². The molecular weight excluding hydrogens is 218 g/mol. The molecule has 94 valence electrons. The van der Waals surface area contributed by atoms with E-state index >= 15 is 0 Å². The van der Waals surface area contributed by atoms with Crippen molar-refractivity contribution in [1.29, 1.82) is 0 Å². The molecule has 0 bridgehead atoms. The Morgan fingerprint density at radius 3 is 3.18 bits per heavy atom. The molecule has 0 saturated heterocycles. The quantitative estimate of drug-likeness (QED) is 0.825. The van der Waals surface area contributed by atoms with E-state index in [-0.39, 0.29) is 6.10 Å². The smallest absolute Gasteiger partial charge is 0.221 e. The zero-order valence-corrected chi connectivity index (χ0v) is 10.4. The zero-order chi connectivity index (χ0) is 12.1. The maximum Gasteiger partial charge on any atom is 0.221 e. The van der Waals surface area contributed by atoms with Crippen molar-refractivity contribution in [3.05, 3.63) is 17.6 Å². The van der Waals surface area contributed by atoms with Crippen LogP contribution in [-0.2, 0) is 17.7 Å². The van der Waals surface area contributed by atoms with Crippen molar-refractivity contribution < 1.29 is 9.47 Å². The van der Waals surface area contributed by atoms with Gasteiger partial charge in [-0.3, -0.25) is 0 Å². The summed E-state index contributed by atoms with van der Waals surface area (Å²) in [4.78, 5) is 8.50. The van der Waals surface area contributed by atoms with Crippen LogP contribution in [0.3, 0.4) is 0 Å². The number of hydrogen-bond acceptors (Lipinski definition) is 5. The fraction of sp³-hybridized carbons (Fsp3) is 0.667. The first-order valence-electron chi connectivity index (χ1n) is 6.09. The van der Waals surface area contributed by atoms with Crippen LogP contribution in [0.1, 0.15) is 25.1 Å². The highest BCUT2D eigenvalue weighted by Crippen LogP contribution is 2.21. The lowest BCUT2D eigenvalue weighted by Gasteiger charge is -2.20. The van der Waals surface area contributed by atoms with Gasteiger partial charge in [0.1, 0.15) is 12.4 Å². The summed E-state index contributed by atoms with van der Waals surface area (Å²) in [7, 11) is 0. The van der Waals surface area contributed by atoms with E-state index in [1.807, 2.05) is 13.8 Å². The minimum Gasteiger partial charge on any atom is -0.472 e. The van der Waals surface area contributed by atoms with Gasteiger partial charge in [-0.1, -0.05) is 0 Å². The van der Waals surface area contributed by atoms with E-state index in [0.717, 1.165) is 30.8 Å². The van der Waals surface area contributed by atoms with Crippen molar-refractivity contribution in [2.75, 3.05) is 19.8 Å². The van der Waals surface area contributed by atoms with Gasteiger partial charge in [-0.05, 0) is 13.8 Å². The van der Waals surface area contributed by atoms with Gasteiger partial charge >= 0.3 is 0 Å². The largest absolute Gasteiger partial charge is 0.472 e. The molecule has 0 aliphatic carbocycles. The molecule has 0 spiro atoms. The Labute approximate surface area is 102 Å². The molecule has 0 fully saturated rings. The van der Waals surface area contributed by atoms with Crippen LogP contribution in [0.5, 0.6) is 5.88 Å². The monoisotopic (exact) mass is 237 g/mol. The number of ether oxygens (including phenoxy) is 2. The van der Waals surface area contributed by atoms with Crippen LogP contribution in [0.2, 0.25) is 0 Å². The van der Waals surface area contributed by atoms with Crippen LogP contribution in [0, 0.1) is 0 Å². The molecule has 0 amide bonds. The van der Waals surface area contributed by atoms with Gasteiger partial charge in [0.05, 0.1) is 12.3 Å². The summed E-state index contributed by atoms with van der Waals surface area (Å²) >= 11 is 0. The van der Waals surface area contributed by atoms with Crippen LogP contribution in [0.15, 0.2) is 6.33 Å². The highest BCUT2D eigenvalue weighted by molar-refractivity contribution is 5.31.